The Balaban J connectivity index is 2.06. The zero-order valence-electron chi connectivity index (χ0n) is 9.59. The first-order valence-corrected chi connectivity index (χ1v) is 5.43. The minimum atomic E-state index is -0.0813. The van der Waals surface area contributed by atoms with E-state index in [0.717, 1.165) is 0 Å². The number of aromatic nitrogens is 4. The van der Waals surface area contributed by atoms with Crippen LogP contribution in [0, 0.1) is 5.41 Å². The van der Waals surface area contributed by atoms with Crippen molar-refractivity contribution in [2.75, 3.05) is 0 Å². The predicted molar refractivity (Wildman–Crippen MR) is 65.6 cm³/mol. The molecule has 0 amide bonds. The van der Waals surface area contributed by atoms with Gasteiger partial charge in [-0.1, -0.05) is 11.6 Å². The van der Waals surface area contributed by atoms with E-state index in [1.165, 1.54) is 4.80 Å². The Morgan fingerprint density at radius 2 is 2.33 bits per heavy atom. The molecule has 8 heteroatoms. The number of hydrogen-bond acceptors (Lipinski definition) is 5. The number of nitrogens with zero attached hydrogens (tertiary/aromatic N) is 4. The SMILES string of the molecule is Cn1nnc(COc2ccc(C(=N)N)c(Cl)c2)n1. The molecule has 3 N–H and O–H groups in total. The van der Waals surface area contributed by atoms with Crippen LogP contribution in [0.1, 0.15) is 11.4 Å². The molecule has 0 saturated heterocycles. The summed E-state index contributed by atoms with van der Waals surface area (Å²) in [5.74, 6) is 0.948. The smallest absolute Gasteiger partial charge is 0.212 e. The fraction of sp³-hybridized carbons (Fsp3) is 0.200. The van der Waals surface area contributed by atoms with Crippen LogP contribution in [0.5, 0.6) is 5.75 Å². The number of tetrazole rings is 1. The number of aryl methyl sites for hydroxylation is 1. The summed E-state index contributed by atoms with van der Waals surface area (Å²) in [5.41, 5.74) is 5.83. The van der Waals surface area contributed by atoms with E-state index in [2.05, 4.69) is 15.4 Å². The Bertz CT molecular complexity index is 581. The van der Waals surface area contributed by atoms with E-state index < -0.39 is 0 Å². The molecule has 0 spiro atoms. The van der Waals surface area contributed by atoms with Crippen molar-refractivity contribution in [2.24, 2.45) is 12.8 Å². The first-order valence-electron chi connectivity index (χ1n) is 5.06. The average Bonchev–Trinajstić information content (AvgIpc) is 2.72. The zero-order valence-corrected chi connectivity index (χ0v) is 10.3. The Morgan fingerprint density at radius 3 is 2.89 bits per heavy atom. The van der Waals surface area contributed by atoms with Crippen molar-refractivity contribution in [3.63, 3.8) is 0 Å². The maximum Gasteiger partial charge on any atom is 0.212 e. The van der Waals surface area contributed by atoms with Crippen LogP contribution in [0.2, 0.25) is 5.02 Å². The van der Waals surface area contributed by atoms with Gasteiger partial charge in [0.15, 0.2) is 6.61 Å². The number of amidine groups is 1. The molecule has 1 heterocycles. The second-order valence-electron chi connectivity index (χ2n) is 3.54. The van der Waals surface area contributed by atoms with E-state index in [-0.39, 0.29) is 12.4 Å². The fourth-order valence-corrected chi connectivity index (χ4v) is 1.61. The molecule has 94 valence electrons. The van der Waals surface area contributed by atoms with Gasteiger partial charge in [0, 0.05) is 5.56 Å². The van der Waals surface area contributed by atoms with Crippen molar-refractivity contribution in [3.05, 3.63) is 34.6 Å². The van der Waals surface area contributed by atoms with Gasteiger partial charge in [-0.3, -0.25) is 5.41 Å². The quantitative estimate of drug-likeness (QED) is 0.627. The summed E-state index contributed by atoms with van der Waals surface area (Å²) < 4.78 is 5.45. The van der Waals surface area contributed by atoms with Crippen molar-refractivity contribution < 1.29 is 4.74 Å². The normalized spacial score (nSPS) is 10.3. The van der Waals surface area contributed by atoms with Crippen LogP contribution in [0.25, 0.3) is 0 Å². The third-order valence-electron chi connectivity index (χ3n) is 2.15. The third kappa shape index (κ3) is 2.75. The summed E-state index contributed by atoms with van der Waals surface area (Å²) in [6, 6.07) is 4.90. The highest BCUT2D eigenvalue weighted by molar-refractivity contribution is 6.34. The van der Waals surface area contributed by atoms with Gasteiger partial charge in [-0.15, -0.1) is 10.2 Å². The van der Waals surface area contributed by atoms with Crippen molar-refractivity contribution in [1.82, 2.24) is 20.2 Å². The zero-order chi connectivity index (χ0) is 13.1. The minimum absolute atomic E-state index is 0.0813. The second-order valence-corrected chi connectivity index (χ2v) is 3.95. The number of nitrogens with two attached hydrogens (primary N) is 1. The molecule has 7 nitrogen and oxygen atoms in total. The molecule has 0 atom stereocenters. The lowest BCUT2D eigenvalue weighted by Crippen LogP contribution is -2.11. The third-order valence-corrected chi connectivity index (χ3v) is 2.46. The van der Waals surface area contributed by atoms with Gasteiger partial charge in [0.2, 0.25) is 5.82 Å². The molecule has 1 aromatic heterocycles. The first kappa shape index (κ1) is 12.3. The molecular formula is C10H11ClN6O. The summed E-state index contributed by atoms with van der Waals surface area (Å²) in [4.78, 5) is 1.35. The number of hydrogen-bond donors (Lipinski definition) is 2. The van der Waals surface area contributed by atoms with Crippen LogP contribution in [-0.2, 0) is 13.7 Å². The van der Waals surface area contributed by atoms with Gasteiger partial charge >= 0.3 is 0 Å². The second kappa shape index (κ2) is 5.01. The summed E-state index contributed by atoms with van der Waals surface area (Å²) in [5, 5.41) is 19.1. The highest BCUT2D eigenvalue weighted by Crippen LogP contribution is 2.22. The van der Waals surface area contributed by atoms with Gasteiger partial charge in [0.25, 0.3) is 0 Å². The van der Waals surface area contributed by atoms with Crippen LogP contribution >= 0.6 is 11.6 Å². The largest absolute Gasteiger partial charge is 0.485 e. The van der Waals surface area contributed by atoms with E-state index >= 15 is 0 Å². The lowest BCUT2D eigenvalue weighted by molar-refractivity contribution is 0.295. The van der Waals surface area contributed by atoms with Crippen molar-refractivity contribution in [3.8, 4) is 5.75 Å². The lowest BCUT2D eigenvalue weighted by Gasteiger charge is -2.06. The highest BCUT2D eigenvalue weighted by Gasteiger charge is 2.06. The van der Waals surface area contributed by atoms with Crippen molar-refractivity contribution in [2.45, 2.75) is 6.61 Å². The number of nitrogens with one attached hydrogen (secondary N) is 1. The van der Waals surface area contributed by atoms with Gasteiger partial charge in [0.1, 0.15) is 11.6 Å². The molecule has 0 aliphatic heterocycles. The number of ether oxygens (including phenoxy) is 1. The van der Waals surface area contributed by atoms with Gasteiger partial charge in [-0.25, -0.2) is 0 Å². The maximum absolute atomic E-state index is 7.31. The summed E-state index contributed by atoms with van der Waals surface area (Å²) in [6.07, 6.45) is 0. The summed E-state index contributed by atoms with van der Waals surface area (Å²) >= 11 is 5.96. The van der Waals surface area contributed by atoms with Gasteiger partial charge in [0.05, 0.1) is 12.1 Å². The van der Waals surface area contributed by atoms with Gasteiger partial charge in [-0.2, -0.15) is 4.80 Å². The Morgan fingerprint density at radius 1 is 1.56 bits per heavy atom. The number of halogens is 1. The Labute approximate surface area is 108 Å². The van der Waals surface area contributed by atoms with E-state index in [4.69, 9.17) is 27.5 Å². The number of nitrogen functional groups attached to an aromatic ring is 1. The molecule has 0 aliphatic rings. The molecule has 0 aliphatic carbocycles. The average molecular weight is 267 g/mol. The van der Waals surface area contributed by atoms with Gasteiger partial charge < -0.3 is 10.5 Å². The monoisotopic (exact) mass is 266 g/mol. The van der Waals surface area contributed by atoms with Crippen LogP contribution in [0.15, 0.2) is 18.2 Å². The molecule has 0 fully saturated rings. The van der Waals surface area contributed by atoms with E-state index in [1.54, 1.807) is 25.2 Å². The van der Waals surface area contributed by atoms with Crippen LogP contribution in [-0.4, -0.2) is 26.0 Å². The number of benzene rings is 1. The maximum atomic E-state index is 7.31. The predicted octanol–water partition coefficient (Wildman–Crippen LogP) is 0.727. The standard InChI is InChI=1S/C10H11ClN6O/c1-17-15-9(14-16-17)5-18-6-2-3-7(10(12)13)8(11)4-6/h2-4H,5H2,1H3,(H3,12,13). The fourth-order valence-electron chi connectivity index (χ4n) is 1.33. The van der Waals surface area contributed by atoms with E-state index in [9.17, 15) is 0 Å². The van der Waals surface area contributed by atoms with E-state index in [0.29, 0.717) is 22.2 Å². The van der Waals surface area contributed by atoms with E-state index in [1.807, 2.05) is 0 Å². The summed E-state index contributed by atoms with van der Waals surface area (Å²) in [7, 11) is 1.68. The molecule has 2 aromatic rings. The van der Waals surface area contributed by atoms with Crippen LogP contribution in [0.3, 0.4) is 0 Å². The van der Waals surface area contributed by atoms with Gasteiger partial charge in [-0.05, 0) is 23.4 Å². The molecular weight excluding hydrogens is 256 g/mol. The summed E-state index contributed by atoms with van der Waals surface area (Å²) in [6.45, 7) is 0.198. The molecule has 2 rings (SSSR count). The van der Waals surface area contributed by atoms with Crippen LogP contribution < -0.4 is 10.5 Å². The molecule has 0 unspecified atom stereocenters. The molecule has 0 saturated carbocycles. The first-order chi connectivity index (χ1) is 8.56. The molecule has 0 bridgehead atoms. The lowest BCUT2D eigenvalue weighted by atomic mass is 10.2. The molecule has 1 aromatic carbocycles. The minimum Gasteiger partial charge on any atom is -0.485 e. The van der Waals surface area contributed by atoms with Crippen LogP contribution in [0.4, 0.5) is 0 Å². The Kier molecular flexibility index (Phi) is 3.42. The topological polar surface area (TPSA) is 103 Å². The Hall–Kier alpha value is -2.15. The van der Waals surface area contributed by atoms with Crippen molar-refractivity contribution in [1.29, 1.82) is 5.41 Å². The molecule has 0 radical (unpaired) electrons. The highest BCUT2D eigenvalue weighted by atomic mass is 35.5. The number of rotatable bonds is 4. The van der Waals surface area contributed by atoms with Crippen molar-refractivity contribution >= 4 is 17.4 Å². The molecule has 18 heavy (non-hydrogen) atoms.